The third-order valence-electron chi connectivity index (χ3n) is 1.92. The Morgan fingerprint density at radius 2 is 2.12 bits per heavy atom. The lowest BCUT2D eigenvalue weighted by Gasteiger charge is -2.10. The highest BCUT2D eigenvalue weighted by Crippen LogP contribution is 2.23. The highest BCUT2D eigenvalue weighted by Gasteiger charge is 2.31. The topological polar surface area (TPSA) is 26.3 Å². The maximum atomic E-state index is 11.9. The predicted octanol–water partition coefficient (Wildman–Crippen LogP) is 2.96. The molecule has 1 aromatic carbocycles. The van der Waals surface area contributed by atoms with Crippen LogP contribution in [0.3, 0.4) is 0 Å². The maximum absolute atomic E-state index is 11.9. The Bertz CT molecular complexity index is 360. The van der Waals surface area contributed by atoms with Gasteiger partial charge in [-0.2, -0.15) is 0 Å². The summed E-state index contributed by atoms with van der Waals surface area (Å²) in [7, 11) is 0. The van der Waals surface area contributed by atoms with Crippen molar-refractivity contribution >= 4 is 6.29 Å². The van der Waals surface area contributed by atoms with Gasteiger partial charge in [0.05, 0.1) is 0 Å². The van der Waals surface area contributed by atoms with Gasteiger partial charge in [-0.05, 0) is 24.1 Å². The summed E-state index contributed by atoms with van der Waals surface area (Å²) in [6.07, 6.45) is -3.52. The Kier molecular flexibility index (Phi) is 3.93. The number of carbonyl (C=O) groups is 1. The molecule has 0 spiro atoms. The van der Waals surface area contributed by atoms with Crippen LogP contribution in [0, 0.1) is 5.92 Å². The number of carbonyl (C=O) groups excluding carboxylic acids is 1. The van der Waals surface area contributed by atoms with E-state index >= 15 is 0 Å². The Labute approximate surface area is 91.0 Å². The molecular formula is C11H11F3O2. The van der Waals surface area contributed by atoms with E-state index in [4.69, 9.17) is 0 Å². The summed E-state index contributed by atoms with van der Waals surface area (Å²) in [6, 6.07) is 5.63. The van der Waals surface area contributed by atoms with Crippen molar-refractivity contribution in [3.8, 4) is 5.75 Å². The van der Waals surface area contributed by atoms with E-state index in [0.717, 1.165) is 6.29 Å². The number of halogens is 3. The summed E-state index contributed by atoms with van der Waals surface area (Å²) >= 11 is 0. The van der Waals surface area contributed by atoms with Crippen LogP contribution in [0.25, 0.3) is 0 Å². The summed E-state index contributed by atoms with van der Waals surface area (Å²) in [5, 5.41) is 0. The second-order valence-corrected chi connectivity index (χ2v) is 3.51. The summed E-state index contributed by atoms with van der Waals surface area (Å²) < 4.78 is 39.5. The van der Waals surface area contributed by atoms with Gasteiger partial charge < -0.3 is 9.53 Å². The molecule has 0 fully saturated rings. The molecule has 0 amide bonds. The van der Waals surface area contributed by atoms with E-state index in [1.165, 1.54) is 18.2 Å². The SMILES string of the molecule is CC(C=O)Cc1cccc(OC(F)(F)F)c1. The Balaban J connectivity index is 2.75. The third kappa shape index (κ3) is 4.33. The number of hydrogen-bond donors (Lipinski definition) is 0. The van der Waals surface area contributed by atoms with Crippen LogP contribution in [0.15, 0.2) is 24.3 Å². The van der Waals surface area contributed by atoms with Crippen molar-refractivity contribution in [2.24, 2.45) is 5.92 Å². The van der Waals surface area contributed by atoms with Crippen LogP contribution in [-0.4, -0.2) is 12.6 Å². The van der Waals surface area contributed by atoms with Crippen LogP contribution in [-0.2, 0) is 11.2 Å². The zero-order valence-electron chi connectivity index (χ0n) is 8.62. The third-order valence-corrected chi connectivity index (χ3v) is 1.92. The number of aldehydes is 1. The average Bonchev–Trinajstić information content (AvgIpc) is 2.15. The number of alkyl halides is 3. The van der Waals surface area contributed by atoms with Crippen LogP contribution in [0.1, 0.15) is 12.5 Å². The van der Waals surface area contributed by atoms with Gasteiger partial charge in [-0.3, -0.25) is 0 Å². The monoisotopic (exact) mass is 232 g/mol. The molecule has 0 radical (unpaired) electrons. The Hall–Kier alpha value is -1.52. The van der Waals surface area contributed by atoms with E-state index in [2.05, 4.69) is 4.74 Å². The first-order chi connectivity index (χ1) is 7.40. The van der Waals surface area contributed by atoms with Crippen molar-refractivity contribution in [2.75, 3.05) is 0 Å². The van der Waals surface area contributed by atoms with Gasteiger partial charge in [0.1, 0.15) is 12.0 Å². The quantitative estimate of drug-likeness (QED) is 0.746. The molecule has 0 aliphatic heterocycles. The smallest absolute Gasteiger partial charge is 0.406 e. The molecule has 0 saturated carbocycles. The van der Waals surface area contributed by atoms with Crippen LogP contribution >= 0.6 is 0 Å². The average molecular weight is 232 g/mol. The van der Waals surface area contributed by atoms with Gasteiger partial charge in [0.25, 0.3) is 0 Å². The van der Waals surface area contributed by atoms with Crippen molar-refractivity contribution in [1.82, 2.24) is 0 Å². The molecule has 0 saturated heterocycles. The van der Waals surface area contributed by atoms with Crippen molar-refractivity contribution < 1.29 is 22.7 Å². The molecule has 0 aliphatic rings. The largest absolute Gasteiger partial charge is 0.573 e. The van der Waals surface area contributed by atoms with E-state index in [1.807, 2.05) is 0 Å². The molecule has 0 heterocycles. The second-order valence-electron chi connectivity index (χ2n) is 3.51. The number of rotatable bonds is 4. The van der Waals surface area contributed by atoms with E-state index in [1.54, 1.807) is 13.0 Å². The molecule has 2 nitrogen and oxygen atoms in total. The fourth-order valence-electron chi connectivity index (χ4n) is 1.29. The molecule has 0 N–H and O–H groups in total. The fraction of sp³-hybridized carbons (Fsp3) is 0.364. The molecule has 0 aromatic heterocycles. The molecule has 1 unspecified atom stereocenters. The highest BCUT2D eigenvalue weighted by atomic mass is 19.4. The minimum absolute atomic E-state index is 0.221. The molecule has 1 atom stereocenters. The molecule has 1 aromatic rings. The first-order valence-corrected chi connectivity index (χ1v) is 4.70. The van der Waals surface area contributed by atoms with Crippen LogP contribution in [0.4, 0.5) is 13.2 Å². The lowest BCUT2D eigenvalue weighted by Crippen LogP contribution is -2.17. The standard InChI is InChI=1S/C11H11F3O2/c1-8(7-15)5-9-3-2-4-10(6-9)16-11(12,13)14/h2-4,6-8H,5H2,1H3. The van der Waals surface area contributed by atoms with E-state index < -0.39 is 6.36 Å². The zero-order chi connectivity index (χ0) is 12.2. The van der Waals surface area contributed by atoms with Gasteiger partial charge >= 0.3 is 6.36 Å². The molecule has 0 aliphatic carbocycles. The molecule has 16 heavy (non-hydrogen) atoms. The number of benzene rings is 1. The molecule has 1 rings (SSSR count). The summed E-state index contributed by atoms with van der Waals surface area (Å²) in [6.45, 7) is 1.70. The first kappa shape index (κ1) is 12.5. The summed E-state index contributed by atoms with van der Waals surface area (Å²) in [5.74, 6) is -0.482. The van der Waals surface area contributed by atoms with Crippen LogP contribution < -0.4 is 4.74 Å². The lowest BCUT2D eigenvalue weighted by atomic mass is 10.0. The Morgan fingerprint density at radius 3 is 2.69 bits per heavy atom. The Morgan fingerprint density at radius 1 is 1.44 bits per heavy atom. The van der Waals surface area contributed by atoms with Gasteiger partial charge in [-0.15, -0.1) is 13.2 Å². The van der Waals surface area contributed by atoms with Gasteiger partial charge in [0.15, 0.2) is 0 Å². The number of hydrogen-bond acceptors (Lipinski definition) is 2. The van der Waals surface area contributed by atoms with Crippen molar-refractivity contribution in [2.45, 2.75) is 19.7 Å². The molecular weight excluding hydrogens is 221 g/mol. The van der Waals surface area contributed by atoms with Crippen molar-refractivity contribution in [3.05, 3.63) is 29.8 Å². The van der Waals surface area contributed by atoms with E-state index in [9.17, 15) is 18.0 Å². The summed E-state index contributed by atoms with van der Waals surface area (Å²) in [5.41, 5.74) is 0.640. The van der Waals surface area contributed by atoms with Gasteiger partial charge in [-0.1, -0.05) is 19.1 Å². The normalized spacial score (nSPS) is 13.2. The van der Waals surface area contributed by atoms with Crippen molar-refractivity contribution in [3.63, 3.8) is 0 Å². The minimum atomic E-state index is -4.69. The van der Waals surface area contributed by atoms with E-state index in [0.29, 0.717) is 12.0 Å². The van der Waals surface area contributed by atoms with Gasteiger partial charge in [0.2, 0.25) is 0 Å². The second kappa shape index (κ2) is 5.01. The zero-order valence-corrected chi connectivity index (χ0v) is 8.62. The fourth-order valence-corrected chi connectivity index (χ4v) is 1.29. The lowest BCUT2D eigenvalue weighted by molar-refractivity contribution is -0.274. The predicted molar refractivity (Wildman–Crippen MR) is 52.1 cm³/mol. The molecule has 88 valence electrons. The van der Waals surface area contributed by atoms with Crippen LogP contribution in [0.2, 0.25) is 0 Å². The minimum Gasteiger partial charge on any atom is -0.406 e. The first-order valence-electron chi connectivity index (χ1n) is 4.70. The number of ether oxygens (including phenoxy) is 1. The van der Waals surface area contributed by atoms with Crippen LogP contribution in [0.5, 0.6) is 5.75 Å². The van der Waals surface area contributed by atoms with Crippen molar-refractivity contribution in [1.29, 1.82) is 0 Å². The summed E-state index contributed by atoms with van der Waals surface area (Å²) in [4.78, 5) is 10.4. The molecule has 5 heteroatoms. The van der Waals surface area contributed by atoms with E-state index in [-0.39, 0.29) is 11.7 Å². The van der Waals surface area contributed by atoms with Gasteiger partial charge in [-0.25, -0.2) is 0 Å². The van der Waals surface area contributed by atoms with Gasteiger partial charge in [0, 0.05) is 5.92 Å². The maximum Gasteiger partial charge on any atom is 0.573 e. The highest BCUT2D eigenvalue weighted by molar-refractivity contribution is 5.53. The molecule has 0 bridgehead atoms.